The molecule has 1 unspecified atom stereocenters. The monoisotopic (exact) mass is 221 g/mol. The van der Waals surface area contributed by atoms with Crippen molar-refractivity contribution in [3.63, 3.8) is 0 Å². The number of likely N-dealkylation sites (N-methyl/N-ethyl adjacent to an activating group) is 1. The Hall–Kier alpha value is -1.85. The van der Waals surface area contributed by atoms with Crippen molar-refractivity contribution in [1.29, 1.82) is 0 Å². The molecule has 6 heteroatoms. The predicted molar refractivity (Wildman–Crippen MR) is 60.8 cm³/mol. The number of nitrogen functional groups attached to an aromatic ring is 1. The van der Waals surface area contributed by atoms with E-state index in [1.165, 1.54) is 6.33 Å². The Kier molecular flexibility index (Phi) is 2.64. The van der Waals surface area contributed by atoms with Crippen molar-refractivity contribution < 1.29 is 4.79 Å². The SMILES string of the molecule is Cc1c(N)ncnc1NC1CCN(C)C1=O. The Labute approximate surface area is 93.9 Å². The summed E-state index contributed by atoms with van der Waals surface area (Å²) in [6.45, 7) is 2.61. The molecule has 16 heavy (non-hydrogen) atoms. The molecule has 0 aliphatic carbocycles. The maximum atomic E-state index is 11.7. The minimum atomic E-state index is -0.196. The van der Waals surface area contributed by atoms with Gasteiger partial charge in [0, 0.05) is 19.2 Å². The van der Waals surface area contributed by atoms with Gasteiger partial charge in [-0.25, -0.2) is 9.97 Å². The molecular weight excluding hydrogens is 206 g/mol. The van der Waals surface area contributed by atoms with E-state index in [-0.39, 0.29) is 11.9 Å². The van der Waals surface area contributed by atoms with Crippen LogP contribution in [0.25, 0.3) is 0 Å². The second-order valence-electron chi connectivity index (χ2n) is 3.98. The lowest BCUT2D eigenvalue weighted by atomic mass is 10.2. The van der Waals surface area contributed by atoms with Crippen LogP contribution in [0.5, 0.6) is 0 Å². The first-order valence-corrected chi connectivity index (χ1v) is 5.18. The number of nitrogens with two attached hydrogens (primary N) is 1. The molecule has 2 rings (SSSR count). The molecule has 2 heterocycles. The Morgan fingerprint density at radius 1 is 1.56 bits per heavy atom. The number of anilines is 2. The van der Waals surface area contributed by atoms with Crippen LogP contribution < -0.4 is 11.1 Å². The first-order valence-electron chi connectivity index (χ1n) is 5.18. The van der Waals surface area contributed by atoms with Gasteiger partial charge in [-0.15, -0.1) is 0 Å². The highest BCUT2D eigenvalue weighted by atomic mass is 16.2. The number of rotatable bonds is 2. The number of nitrogens with zero attached hydrogens (tertiary/aromatic N) is 3. The Balaban J connectivity index is 2.16. The third-order valence-electron chi connectivity index (χ3n) is 2.86. The number of amides is 1. The van der Waals surface area contributed by atoms with Gasteiger partial charge < -0.3 is 16.0 Å². The van der Waals surface area contributed by atoms with E-state index in [0.29, 0.717) is 11.6 Å². The maximum Gasteiger partial charge on any atom is 0.244 e. The lowest BCUT2D eigenvalue weighted by Gasteiger charge is -2.14. The van der Waals surface area contributed by atoms with E-state index >= 15 is 0 Å². The van der Waals surface area contributed by atoms with Crippen molar-refractivity contribution >= 4 is 17.5 Å². The van der Waals surface area contributed by atoms with Crippen molar-refractivity contribution in [2.75, 3.05) is 24.6 Å². The van der Waals surface area contributed by atoms with Gasteiger partial charge in [-0.05, 0) is 13.3 Å². The second kappa shape index (κ2) is 3.96. The first-order chi connectivity index (χ1) is 7.59. The van der Waals surface area contributed by atoms with E-state index in [2.05, 4.69) is 15.3 Å². The molecule has 1 atom stereocenters. The summed E-state index contributed by atoms with van der Waals surface area (Å²) in [5.41, 5.74) is 6.45. The molecule has 1 aliphatic rings. The highest BCUT2D eigenvalue weighted by Crippen LogP contribution is 2.19. The predicted octanol–water partition coefficient (Wildman–Crippen LogP) is 0.00982. The molecule has 1 aromatic rings. The molecule has 0 bridgehead atoms. The van der Waals surface area contributed by atoms with Gasteiger partial charge in [0.15, 0.2) is 0 Å². The van der Waals surface area contributed by atoms with Crippen LogP contribution in [-0.4, -0.2) is 40.4 Å². The molecule has 86 valence electrons. The molecule has 3 N–H and O–H groups in total. The van der Waals surface area contributed by atoms with Crippen LogP contribution >= 0.6 is 0 Å². The molecule has 0 radical (unpaired) electrons. The van der Waals surface area contributed by atoms with Gasteiger partial charge in [0.25, 0.3) is 0 Å². The van der Waals surface area contributed by atoms with Crippen LogP contribution in [0.15, 0.2) is 6.33 Å². The van der Waals surface area contributed by atoms with Gasteiger partial charge in [0.05, 0.1) is 0 Å². The number of hydrogen-bond donors (Lipinski definition) is 2. The van der Waals surface area contributed by atoms with Crippen LogP contribution in [0, 0.1) is 6.92 Å². The molecule has 0 spiro atoms. The van der Waals surface area contributed by atoms with Crippen molar-refractivity contribution in [3.8, 4) is 0 Å². The summed E-state index contributed by atoms with van der Waals surface area (Å²) in [4.78, 5) is 21.4. The van der Waals surface area contributed by atoms with E-state index in [1.54, 1.807) is 11.9 Å². The molecule has 0 saturated carbocycles. The zero-order valence-electron chi connectivity index (χ0n) is 9.40. The van der Waals surface area contributed by atoms with Gasteiger partial charge >= 0.3 is 0 Å². The topological polar surface area (TPSA) is 84.1 Å². The van der Waals surface area contributed by atoms with E-state index in [4.69, 9.17) is 5.73 Å². The summed E-state index contributed by atoms with van der Waals surface area (Å²) in [6, 6.07) is -0.196. The van der Waals surface area contributed by atoms with Gasteiger partial charge in [-0.2, -0.15) is 0 Å². The molecule has 6 nitrogen and oxygen atoms in total. The number of carbonyl (C=O) groups excluding carboxylic acids is 1. The minimum absolute atomic E-state index is 0.0941. The fraction of sp³-hybridized carbons (Fsp3) is 0.500. The van der Waals surface area contributed by atoms with Crippen LogP contribution in [0.4, 0.5) is 11.6 Å². The molecule has 1 aliphatic heterocycles. The summed E-state index contributed by atoms with van der Waals surface area (Å²) in [7, 11) is 1.80. The van der Waals surface area contributed by atoms with Crippen molar-refractivity contribution in [2.45, 2.75) is 19.4 Å². The number of nitrogens with one attached hydrogen (secondary N) is 1. The summed E-state index contributed by atoms with van der Waals surface area (Å²) < 4.78 is 0. The second-order valence-corrected chi connectivity index (χ2v) is 3.98. The van der Waals surface area contributed by atoms with Gasteiger partial charge in [-0.3, -0.25) is 4.79 Å². The number of carbonyl (C=O) groups is 1. The van der Waals surface area contributed by atoms with Crippen LogP contribution in [-0.2, 0) is 4.79 Å². The van der Waals surface area contributed by atoms with Crippen molar-refractivity contribution in [2.24, 2.45) is 0 Å². The maximum absolute atomic E-state index is 11.7. The summed E-state index contributed by atoms with van der Waals surface area (Å²) in [5.74, 6) is 1.18. The number of hydrogen-bond acceptors (Lipinski definition) is 5. The molecule has 1 saturated heterocycles. The quantitative estimate of drug-likeness (QED) is 0.735. The Morgan fingerprint density at radius 3 is 2.94 bits per heavy atom. The van der Waals surface area contributed by atoms with E-state index < -0.39 is 0 Å². The largest absolute Gasteiger partial charge is 0.383 e. The number of likely N-dealkylation sites (tertiary alicyclic amines) is 1. The molecule has 0 aromatic carbocycles. The third kappa shape index (κ3) is 1.78. The smallest absolute Gasteiger partial charge is 0.244 e. The highest BCUT2D eigenvalue weighted by molar-refractivity contribution is 5.86. The standard InChI is InChI=1S/C10H15N5O/c1-6-8(11)12-5-13-9(6)14-7-3-4-15(2)10(7)16/h5,7H,3-4H2,1-2H3,(H3,11,12,13,14). The average molecular weight is 221 g/mol. The van der Waals surface area contributed by atoms with Gasteiger partial charge in [-0.1, -0.05) is 0 Å². The molecule has 1 amide bonds. The summed E-state index contributed by atoms with van der Waals surface area (Å²) in [6.07, 6.45) is 2.19. The van der Waals surface area contributed by atoms with Gasteiger partial charge in [0.2, 0.25) is 5.91 Å². The van der Waals surface area contributed by atoms with Crippen molar-refractivity contribution in [3.05, 3.63) is 11.9 Å². The Bertz CT molecular complexity index is 420. The lowest BCUT2D eigenvalue weighted by Crippen LogP contribution is -2.31. The van der Waals surface area contributed by atoms with Crippen molar-refractivity contribution in [1.82, 2.24) is 14.9 Å². The van der Waals surface area contributed by atoms with Gasteiger partial charge in [0.1, 0.15) is 24.0 Å². The van der Waals surface area contributed by atoms with E-state index in [0.717, 1.165) is 18.5 Å². The highest BCUT2D eigenvalue weighted by Gasteiger charge is 2.29. The average Bonchev–Trinajstić information content (AvgIpc) is 2.57. The molecule has 1 aromatic heterocycles. The van der Waals surface area contributed by atoms with E-state index in [1.807, 2.05) is 6.92 Å². The Morgan fingerprint density at radius 2 is 2.31 bits per heavy atom. The van der Waals surface area contributed by atoms with Crippen LogP contribution in [0.2, 0.25) is 0 Å². The summed E-state index contributed by atoms with van der Waals surface area (Å²) in [5, 5.41) is 3.11. The molecule has 1 fully saturated rings. The zero-order chi connectivity index (χ0) is 11.7. The lowest BCUT2D eigenvalue weighted by molar-refractivity contribution is -0.127. The van der Waals surface area contributed by atoms with Crippen LogP contribution in [0.3, 0.4) is 0 Å². The fourth-order valence-electron chi connectivity index (χ4n) is 1.73. The molecular formula is C10H15N5O. The fourth-order valence-corrected chi connectivity index (χ4v) is 1.73. The first kappa shape index (κ1) is 10.7. The van der Waals surface area contributed by atoms with E-state index in [9.17, 15) is 4.79 Å². The third-order valence-corrected chi connectivity index (χ3v) is 2.86. The summed E-state index contributed by atoms with van der Waals surface area (Å²) >= 11 is 0. The van der Waals surface area contributed by atoms with Crippen LogP contribution in [0.1, 0.15) is 12.0 Å². The number of aromatic nitrogens is 2. The normalized spacial score (nSPS) is 20.2. The zero-order valence-corrected chi connectivity index (χ0v) is 9.40. The minimum Gasteiger partial charge on any atom is -0.383 e.